The zero-order valence-corrected chi connectivity index (χ0v) is 13.6. The number of benzene rings is 1. The molecule has 22 heavy (non-hydrogen) atoms. The average Bonchev–Trinajstić information content (AvgIpc) is 2.45. The zero-order valence-electron chi connectivity index (χ0n) is 13.6. The maximum Gasteiger partial charge on any atom is 0.319 e. The quantitative estimate of drug-likeness (QED) is 0.723. The minimum atomic E-state index is -0.453. The first-order chi connectivity index (χ1) is 10.4. The van der Waals surface area contributed by atoms with Crippen molar-refractivity contribution in [3.8, 4) is 0 Å². The molecule has 0 heterocycles. The van der Waals surface area contributed by atoms with Crippen molar-refractivity contribution < 1.29 is 14.3 Å². The lowest BCUT2D eigenvalue weighted by Gasteiger charge is -2.13. The third kappa shape index (κ3) is 6.58. The monoisotopic (exact) mass is 307 g/mol. The minimum absolute atomic E-state index is 0.0850. The molecule has 1 atom stereocenters. The first-order valence-corrected chi connectivity index (χ1v) is 7.48. The summed E-state index contributed by atoms with van der Waals surface area (Å²) in [7, 11) is 0. The number of rotatable bonds is 7. The molecule has 1 aromatic carbocycles. The van der Waals surface area contributed by atoms with Gasteiger partial charge in [0.15, 0.2) is 0 Å². The number of amides is 3. The Hall–Kier alpha value is -2.08. The van der Waals surface area contributed by atoms with E-state index in [1.807, 2.05) is 32.9 Å². The highest BCUT2D eigenvalue weighted by molar-refractivity contribution is 5.89. The van der Waals surface area contributed by atoms with E-state index in [1.165, 1.54) is 0 Å². The lowest BCUT2D eigenvalue weighted by atomic mass is 10.2. The van der Waals surface area contributed by atoms with Crippen LogP contribution in [-0.2, 0) is 16.1 Å². The molecule has 0 saturated carbocycles. The highest BCUT2D eigenvalue weighted by Crippen LogP contribution is 2.09. The summed E-state index contributed by atoms with van der Waals surface area (Å²) in [6.45, 7) is 8.30. The van der Waals surface area contributed by atoms with E-state index in [-0.39, 0.29) is 18.0 Å². The Kier molecular flexibility index (Phi) is 7.39. The number of ether oxygens (including phenoxy) is 1. The largest absolute Gasteiger partial charge is 0.369 e. The van der Waals surface area contributed by atoms with Crippen LogP contribution in [0.5, 0.6) is 0 Å². The molecule has 3 N–H and O–H groups in total. The molecule has 0 bridgehead atoms. The molecule has 0 aliphatic heterocycles. The van der Waals surface area contributed by atoms with Gasteiger partial charge in [0.1, 0.15) is 6.10 Å². The van der Waals surface area contributed by atoms with Crippen LogP contribution < -0.4 is 16.0 Å². The lowest BCUT2D eigenvalue weighted by molar-refractivity contribution is -0.131. The van der Waals surface area contributed by atoms with Gasteiger partial charge in [0, 0.05) is 24.9 Å². The van der Waals surface area contributed by atoms with E-state index in [2.05, 4.69) is 16.0 Å². The lowest BCUT2D eigenvalue weighted by Crippen LogP contribution is -2.34. The van der Waals surface area contributed by atoms with Crippen LogP contribution in [0.25, 0.3) is 0 Å². The molecule has 0 aliphatic rings. The maximum atomic E-state index is 11.7. The van der Waals surface area contributed by atoms with Crippen molar-refractivity contribution in [2.45, 2.75) is 46.4 Å². The summed E-state index contributed by atoms with van der Waals surface area (Å²) >= 11 is 0. The predicted molar refractivity (Wildman–Crippen MR) is 86.7 cm³/mol. The molecule has 6 nitrogen and oxygen atoms in total. The van der Waals surface area contributed by atoms with Crippen LogP contribution >= 0.6 is 0 Å². The molecule has 1 aromatic rings. The van der Waals surface area contributed by atoms with Gasteiger partial charge in [0.2, 0.25) is 5.91 Å². The number of urea groups is 1. The molecule has 0 aromatic heterocycles. The van der Waals surface area contributed by atoms with Crippen LogP contribution in [0.2, 0.25) is 0 Å². The topological polar surface area (TPSA) is 79.5 Å². The van der Waals surface area contributed by atoms with Crippen molar-refractivity contribution in [3.05, 3.63) is 29.8 Å². The predicted octanol–water partition coefficient (Wildman–Crippen LogP) is 2.26. The van der Waals surface area contributed by atoms with Crippen molar-refractivity contribution in [1.82, 2.24) is 10.6 Å². The standard InChI is InChI=1S/C16H25N3O3/c1-5-22-12(4)15(20)17-10-13-6-8-14(9-7-13)19-16(21)18-11(2)3/h6-9,11-12H,5,10H2,1-4H3,(H,17,20)(H2,18,19,21). The SMILES string of the molecule is CCOC(C)C(=O)NCc1ccc(NC(=O)NC(C)C)cc1. The van der Waals surface area contributed by atoms with E-state index in [0.29, 0.717) is 18.8 Å². The third-order valence-corrected chi connectivity index (χ3v) is 2.88. The summed E-state index contributed by atoms with van der Waals surface area (Å²) in [6, 6.07) is 7.16. The molecule has 3 amide bonds. The molecule has 6 heteroatoms. The van der Waals surface area contributed by atoms with Crippen LogP contribution in [-0.4, -0.2) is 30.7 Å². The number of hydrogen-bond donors (Lipinski definition) is 3. The van der Waals surface area contributed by atoms with E-state index in [9.17, 15) is 9.59 Å². The molecule has 0 aliphatic carbocycles. The van der Waals surface area contributed by atoms with Gasteiger partial charge in [-0.1, -0.05) is 12.1 Å². The van der Waals surface area contributed by atoms with Gasteiger partial charge in [0.05, 0.1) is 0 Å². The third-order valence-electron chi connectivity index (χ3n) is 2.88. The molecular formula is C16H25N3O3. The molecular weight excluding hydrogens is 282 g/mol. The van der Waals surface area contributed by atoms with E-state index >= 15 is 0 Å². The second-order valence-corrected chi connectivity index (χ2v) is 5.27. The molecule has 0 spiro atoms. The Morgan fingerprint density at radius 1 is 1.14 bits per heavy atom. The van der Waals surface area contributed by atoms with Gasteiger partial charge >= 0.3 is 6.03 Å². The second kappa shape index (κ2) is 9.04. The summed E-state index contributed by atoms with van der Waals surface area (Å²) in [6.07, 6.45) is -0.453. The van der Waals surface area contributed by atoms with Gasteiger partial charge in [-0.2, -0.15) is 0 Å². The maximum absolute atomic E-state index is 11.7. The van der Waals surface area contributed by atoms with Gasteiger partial charge < -0.3 is 20.7 Å². The summed E-state index contributed by atoms with van der Waals surface area (Å²) in [4.78, 5) is 23.3. The summed E-state index contributed by atoms with van der Waals surface area (Å²) < 4.78 is 5.22. The van der Waals surface area contributed by atoms with Gasteiger partial charge in [-0.3, -0.25) is 4.79 Å². The summed E-state index contributed by atoms with van der Waals surface area (Å²) in [5.74, 6) is -0.139. The van der Waals surface area contributed by atoms with E-state index in [4.69, 9.17) is 4.74 Å². The Morgan fingerprint density at radius 3 is 2.32 bits per heavy atom. The smallest absolute Gasteiger partial charge is 0.319 e. The number of carbonyl (C=O) groups excluding carboxylic acids is 2. The van der Waals surface area contributed by atoms with E-state index in [0.717, 1.165) is 5.56 Å². The van der Waals surface area contributed by atoms with Gasteiger partial charge in [-0.25, -0.2) is 4.79 Å². The minimum Gasteiger partial charge on any atom is -0.369 e. The number of carbonyl (C=O) groups is 2. The molecule has 0 radical (unpaired) electrons. The van der Waals surface area contributed by atoms with Crippen molar-refractivity contribution >= 4 is 17.6 Å². The van der Waals surface area contributed by atoms with Crippen LogP contribution in [0.15, 0.2) is 24.3 Å². The van der Waals surface area contributed by atoms with Gasteiger partial charge in [-0.05, 0) is 45.4 Å². The Morgan fingerprint density at radius 2 is 1.77 bits per heavy atom. The van der Waals surface area contributed by atoms with E-state index in [1.54, 1.807) is 19.1 Å². The highest BCUT2D eigenvalue weighted by Gasteiger charge is 2.11. The number of hydrogen-bond acceptors (Lipinski definition) is 3. The average molecular weight is 307 g/mol. The van der Waals surface area contributed by atoms with Crippen LogP contribution in [0.3, 0.4) is 0 Å². The second-order valence-electron chi connectivity index (χ2n) is 5.27. The van der Waals surface area contributed by atoms with Crippen molar-refractivity contribution in [3.63, 3.8) is 0 Å². The summed E-state index contributed by atoms with van der Waals surface area (Å²) in [5.41, 5.74) is 1.66. The van der Waals surface area contributed by atoms with E-state index < -0.39 is 6.10 Å². The summed E-state index contributed by atoms with van der Waals surface area (Å²) in [5, 5.41) is 8.30. The van der Waals surface area contributed by atoms with Crippen molar-refractivity contribution in [2.24, 2.45) is 0 Å². The molecule has 0 fully saturated rings. The van der Waals surface area contributed by atoms with Crippen LogP contribution in [0.1, 0.15) is 33.3 Å². The van der Waals surface area contributed by atoms with Crippen LogP contribution in [0, 0.1) is 0 Å². The fourth-order valence-electron chi connectivity index (χ4n) is 1.79. The van der Waals surface area contributed by atoms with Crippen LogP contribution in [0.4, 0.5) is 10.5 Å². The number of nitrogens with one attached hydrogen (secondary N) is 3. The normalized spacial score (nSPS) is 11.9. The fourth-order valence-corrected chi connectivity index (χ4v) is 1.79. The van der Waals surface area contributed by atoms with Crippen molar-refractivity contribution in [2.75, 3.05) is 11.9 Å². The molecule has 1 rings (SSSR count). The van der Waals surface area contributed by atoms with Gasteiger partial charge in [0.25, 0.3) is 0 Å². The highest BCUT2D eigenvalue weighted by atomic mass is 16.5. The molecule has 122 valence electrons. The van der Waals surface area contributed by atoms with Gasteiger partial charge in [-0.15, -0.1) is 0 Å². The molecule has 1 unspecified atom stereocenters. The van der Waals surface area contributed by atoms with Crippen molar-refractivity contribution in [1.29, 1.82) is 0 Å². The Labute approximate surface area is 131 Å². The first kappa shape index (κ1) is 18.0. The molecule has 0 saturated heterocycles. The Balaban J connectivity index is 2.45. The Bertz CT molecular complexity index is 486. The zero-order chi connectivity index (χ0) is 16.5. The first-order valence-electron chi connectivity index (χ1n) is 7.48. The fraction of sp³-hybridized carbons (Fsp3) is 0.500. The number of anilines is 1.